The maximum absolute atomic E-state index is 15.4. The van der Waals surface area contributed by atoms with Crippen LogP contribution in [0.1, 0.15) is 29.7 Å². The van der Waals surface area contributed by atoms with Gasteiger partial charge in [0, 0.05) is 18.3 Å². The summed E-state index contributed by atoms with van der Waals surface area (Å²) in [6, 6.07) is 5.18. The van der Waals surface area contributed by atoms with Crippen molar-refractivity contribution in [3.8, 4) is 0 Å². The van der Waals surface area contributed by atoms with Crippen LogP contribution in [-0.4, -0.2) is 10.9 Å². The van der Waals surface area contributed by atoms with Crippen molar-refractivity contribution in [1.82, 2.24) is 10.3 Å². The Labute approximate surface area is 147 Å². The molecule has 2 aromatic rings. The Balaban J connectivity index is 1.84. The number of benzene rings is 1. The largest absolute Gasteiger partial charge is 0.349 e. The van der Waals surface area contributed by atoms with Crippen LogP contribution in [0.5, 0.6) is 0 Å². The summed E-state index contributed by atoms with van der Waals surface area (Å²) >= 11 is 5.72. The second kappa shape index (κ2) is 6.52. The van der Waals surface area contributed by atoms with Crippen molar-refractivity contribution in [3.63, 3.8) is 0 Å². The van der Waals surface area contributed by atoms with E-state index < -0.39 is 28.2 Å². The second-order valence-electron chi connectivity index (χ2n) is 5.82. The van der Waals surface area contributed by atoms with Gasteiger partial charge in [0.15, 0.2) is 11.6 Å². The molecule has 0 aliphatic heterocycles. The first-order valence-electron chi connectivity index (χ1n) is 7.58. The van der Waals surface area contributed by atoms with Gasteiger partial charge in [-0.2, -0.15) is 0 Å². The summed E-state index contributed by atoms with van der Waals surface area (Å²) < 4.78 is 42.0. The Bertz CT molecular complexity index is 871. The fourth-order valence-electron chi connectivity index (χ4n) is 2.84. The van der Waals surface area contributed by atoms with Crippen LogP contribution in [0.2, 0.25) is 5.02 Å². The van der Waals surface area contributed by atoms with Crippen molar-refractivity contribution < 1.29 is 18.0 Å². The molecule has 1 aromatic heterocycles. The SMILES string of the molecule is C=C1CCC(F)(C(=O)NCc2ccc(F)c(F)c2Cl)c2cccnc21. The molecule has 3 rings (SSSR count). The van der Waals surface area contributed by atoms with Crippen LogP contribution >= 0.6 is 11.6 Å². The molecule has 1 unspecified atom stereocenters. The van der Waals surface area contributed by atoms with Crippen LogP contribution in [-0.2, 0) is 17.0 Å². The van der Waals surface area contributed by atoms with Gasteiger partial charge in [-0.05, 0) is 36.1 Å². The molecule has 1 N–H and O–H groups in total. The van der Waals surface area contributed by atoms with Crippen LogP contribution in [0, 0.1) is 11.6 Å². The Morgan fingerprint density at radius 3 is 2.88 bits per heavy atom. The third kappa shape index (κ3) is 3.02. The molecule has 0 saturated heterocycles. The second-order valence-corrected chi connectivity index (χ2v) is 6.20. The van der Waals surface area contributed by atoms with E-state index in [4.69, 9.17) is 11.6 Å². The summed E-state index contributed by atoms with van der Waals surface area (Å²) in [7, 11) is 0. The van der Waals surface area contributed by atoms with E-state index in [1.807, 2.05) is 0 Å². The summed E-state index contributed by atoms with van der Waals surface area (Å²) in [4.78, 5) is 16.6. The molecule has 1 amide bonds. The van der Waals surface area contributed by atoms with E-state index in [1.165, 1.54) is 18.3 Å². The van der Waals surface area contributed by atoms with Gasteiger partial charge in [0.25, 0.3) is 5.91 Å². The first-order valence-corrected chi connectivity index (χ1v) is 7.95. The summed E-state index contributed by atoms with van der Waals surface area (Å²) in [5, 5.41) is 1.97. The van der Waals surface area contributed by atoms with Crippen molar-refractivity contribution in [2.75, 3.05) is 0 Å². The number of fused-ring (bicyclic) bond motifs is 1. The zero-order valence-corrected chi connectivity index (χ0v) is 13.8. The van der Waals surface area contributed by atoms with E-state index in [-0.39, 0.29) is 24.1 Å². The molecule has 130 valence electrons. The number of amides is 1. The van der Waals surface area contributed by atoms with Gasteiger partial charge in [-0.25, -0.2) is 13.2 Å². The number of pyridine rings is 1. The maximum Gasteiger partial charge on any atom is 0.262 e. The molecule has 0 saturated carbocycles. The van der Waals surface area contributed by atoms with Crippen LogP contribution in [0.3, 0.4) is 0 Å². The molecule has 7 heteroatoms. The number of carbonyl (C=O) groups excluding carboxylic acids is 1. The van der Waals surface area contributed by atoms with Crippen molar-refractivity contribution >= 4 is 23.1 Å². The van der Waals surface area contributed by atoms with Gasteiger partial charge in [-0.3, -0.25) is 9.78 Å². The molecule has 25 heavy (non-hydrogen) atoms. The number of carbonyl (C=O) groups is 1. The molecular weight excluding hydrogens is 353 g/mol. The maximum atomic E-state index is 15.4. The topological polar surface area (TPSA) is 42.0 Å². The van der Waals surface area contributed by atoms with Gasteiger partial charge >= 0.3 is 0 Å². The van der Waals surface area contributed by atoms with Gasteiger partial charge in [-0.15, -0.1) is 0 Å². The average Bonchev–Trinajstić information content (AvgIpc) is 2.62. The Kier molecular flexibility index (Phi) is 4.56. The molecule has 0 bridgehead atoms. The molecule has 3 nitrogen and oxygen atoms in total. The molecule has 0 radical (unpaired) electrons. The van der Waals surface area contributed by atoms with Gasteiger partial charge in [-0.1, -0.05) is 30.3 Å². The van der Waals surface area contributed by atoms with Crippen LogP contribution in [0.4, 0.5) is 13.2 Å². The monoisotopic (exact) mass is 366 g/mol. The van der Waals surface area contributed by atoms with E-state index in [0.29, 0.717) is 17.7 Å². The number of allylic oxidation sites excluding steroid dienone is 1. The highest BCUT2D eigenvalue weighted by Crippen LogP contribution is 2.42. The quantitative estimate of drug-likeness (QED) is 0.823. The van der Waals surface area contributed by atoms with Crippen molar-refractivity contribution in [2.45, 2.75) is 25.1 Å². The lowest BCUT2D eigenvalue weighted by Crippen LogP contribution is -2.43. The minimum Gasteiger partial charge on any atom is -0.349 e. The molecule has 0 spiro atoms. The van der Waals surface area contributed by atoms with Gasteiger partial charge in [0.2, 0.25) is 5.67 Å². The molecule has 1 aromatic carbocycles. The number of aromatic nitrogens is 1. The van der Waals surface area contributed by atoms with Gasteiger partial charge < -0.3 is 5.32 Å². The lowest BCUT2D eigenvalue weighted by atomic mass is 9.80. The van der Waals surface area contributed by atoms with E-state index in [9.17, 15) is 13.6 Å². The van der Waals surface area contributed by atoms with Gasteiger partial charge in [0.1, 0.15) is 0 Å². The molecule has 1 heterocycles. The predicted molar refractivity (Wildman–Crippen MR) is 88.5 cm³/mol. The highest BCUT2D eigenvalue weighted by Gasteiger charge is 2.45. The highest BCUT2D eigenvalue weighted by molar-refractivity contribution is 6.31. The summed E-state index contributed by atoms with van der Waals surface area (Å²) in [5.41, 5.74) is -0.919. The van der Waals surface area contributed by atoms with E-state index in [0.717, 1.165) is 6.07 Å². The van der Waals surface area contributed by atoms with Crippen LogP contribution in [0.15, 0.2) is 37.0 Å². The number of rotatable bonds is 3. The van der Waals surface area contributed by atoms with Crippen molar-refractivity contribution in [1.29, 1.82) is 0 Å². The van der Waals surface area contributed by atoms with Crippen LogP contribution < -0.4 is 5.32 Å². The number of nitrogens with one attached hydrogen (secondary N) is 1. The third-order valence-electron chi connectivity index (χ3n) is 4.26. The molecular formula is C18H14ClF3N2O. The number of hydrogen-bond donors (Lipinski definition) is 1. The van der Waals surface area contributed by atoms with Crippen molar-refractivity contribution in [3.05, 3.63) is 70.5 Å². The average molecular weight is 367 g/mol. The minimum absolute atomic E-state index is 0.0676. The van der Waals surface area contributed by atoms with Gasteiger partial charge in [0.05, 0.1) is 10.7 Å². The van der Waals surface area contributed by atoms with E-state index in [2.05, 4.69) is 16.9 Å². The van der Waals surface area contributed by atoms with E-state index in [1.54, 1.807) is 6.07 Å². The van der Waals surface area contributed by atoms with Crippen molar-refractivity contribution in [2.24, 2.45) is 0 Å². The Morgan fingerprint density at radius 1 is 1.36 bits per heavy atom. The number of halogens is 4. The molecule has 1 aliphatic rings. The summed E-state index contributed by atoms with van der Waals surface area (Å²) in [6.07, 6.45) is 1.73. The first kappa shape index (κ1) is 17.5. The minimum atomic E-state index is -2.27. The number of nitrogens with zero attached hydrogens (tertiary/aromatic N) is 1. The fraction of sp³-hybridized carbons (Fsp3) is 0.222. The molecule has 1 atom stereocenters. The number of alkyl halides is 1. The Hall–Kier alpha value is -2.34. The fourth-order valence-corrected chi connectivity index (χ4v) is 3.06. The zero-order chi connectivity index (χ0) is 18.2. The lowest BCUT2D eigenvalue weighted by Gasteiger charge is -2.31. The predicted octanol–water partition coefficient (Wildman–Crippen LogP) is 4.30. The van der Waals surface area contributed by atoms with Crippen LogP contribution in [0.25, 0.3) is 5.57 Å². The summed E-state index contributed by atoms with van der Waals surface area (Å²) in [6.45, 7) is 3.62. The lowest BCUT2D eigenvalue weighted by molar-refractivity contribution is -0.134. The smallest absolute Gasteiger partial charge is 0.262 e. The highest BCUT2D eigenvalue weighted by atomic mass is 35.5. The summed E-state index contributed by atoms with van der Waals surface area (Å²) in [5.74, 6) is -3.17. The number of hydrogen-bond acceptors (Lipinski definition) is 2. The Morgan fingerprint density at radius 2 is 2.12 bits per heavy atom. The first-order chi connectivity index (χ1) is 11.8. The molecule has 0 fully saturated rings. The molecule has 1 aliphatic carbocycles. The zero-order valence-electron chi connectivity index (χ0n) is 13.1. The standard InChI is InChI=1S/C18H14ClF3N2O/c1-10-6-7-18(22,12-3-2-8-23-16(10)12)17(25)24-9-11-4-5-13(20)15(21)14(11)19/h2-5,8H,1,6-7,9H2,(H,24,25). The normalized spacial score (nSPS) is 19.4. The third-order valence-corrected chi connectivity index (χ3v) is 4.66. The van der Waals surface area contributed by atoms with E-state index >= 15 is 4.39 Å².